The summed E-state index contributed by atoms with van der Waals surface area (Å²) in [5.74, 6) is 1.31. The van der Waals surface area contributed by atoms with Crippen molar-refractivity contribution in [3.8, 4) is 11.5 Å². The van der Waals surface area contributed by atoms with Gasteiger partial charge in [0, 0.05) is 45.5 Å². The summed E-state index contributed by atoms with van der Waals surface area (Å²) in [7, 11) is 3.06. The van der Waals surface area contributed by atoms with E-state index in [1.165, 1.54) is 14.2 Å². The van der Waals surface area contributed by atoms with E-state index < -0.39 is 0 Å². The molecule has 1 aliphatic rings. The Bertz CT molecular complexity index is 1070. The Morgan fingerprint density at radius 2 is 1.75 bits per heavy atom. The number of nitrogens with one attached hydrogen (secondary N) is 2. The van der Waals surface area contributed by atoms with Crippen molar-refractivity contribution in [2.75, 3.05) is 33.1 Å². The molecule has 2 heterocycles. The normalized spacial score (nSPS) is 12.5. The lowest BCUT2D eigenvalue weighted by Crippen LogP contribution is -2.27. The van der Waals surface area contributed by atoms with Gasteiger partial charge in [0.2, 0.25) is 0 Å². The number of H-pyrrole nitrogens is 1. The SMILES string of the molecule is COCOc1cc(Nc2cc(C)n[nH]2)c(C(=O)N2Cc3ccccc3C2)c(OCOC)c1. The number of hydrogen-bond acceptors (Lipinski definition) is 7. The summed E-state index contributed by atoms with van der Waals surface area (Å²) >= 11 is 0. The largest absolute Gasteiger partial charge is 0.467 e. The Hall–Kier alpha value is -3.56. The molecule has 32 heavy (non-hydrogen) atoms. The van der Waals surface area contributed by atoms with E-state index in [1.807, 2.05) is 37.3 Å². The number of ether oxygens (including phenoxy) is 4. The molecule has 9 nitrogen and oxygen atoms in total. The van der Waals surface area contributed by atoms with Crippen molar-refractivity contribution in [1.29, 1.82) is 0 Å². The van der Waals surface area contributed by atoms with Crippen molar-refractivity contribution in [3.05, 3.63) is 64.8 Å². The van der Waals surface area contributed by atoms with Gasteiger partial charge in [0.25, 0.3) is 5.91 Å². The first-order valence-electron chi connectivity index (χ1n) is 10.2. The molecule has 2 N–H and O–H groups in total. The van der Waals surface area contributed by atoms with Crippen LogP contribution >= 0.6 is 0 Å². The van der Waals surface area contributed by atoms with Crippen LogP contribution < -0.4 is 14.8 Å². The van der Waals surface area contributed by atoms with Gasteiger partial charge in [-0.05, 0) is 18.1 Å². The number of hydrogen-bond donors (Lipinski definition) is 2. The van der Waals surface area contributed by atoms with Gasteiger partial charge >= 0.3 is 0 Å². The van der Waals surface area contributed by atoms with Crippen molar-refractivity contribution < 1.29 is 23.7 Å². The van der Waals surface area contributed by atoms with Crippen LogP contribution in [0.3, 0.4) is 0 Å². The zero-order chi connectivity index (χ0) is 22.5. The lowest BCUT2D eigenvalue weighted by atomic mass is 10.1. The molecular formula is C23H26N4O5. The molecule has 0 fully saturated rings. The minimum Gasteiger partial charge on any atom is -0.467 e. The Balaban J connectivity index is 1.73. The van der Waals surface area contributed by atoms with Gasteiger partial charge in [0.15, 0.2) is 13.6 Å². The van der Waals surface area contributed by atoms with Gasteiger partial charge in [-0.2, -0.15) is 5.10 Å². The second kappa shape index (κ2) is 9.71. The smallest absolute Gasteiger partial charge is 0.260 e. The number of carbonyl (C=O) groups excluding carboxylic acids is 1. The summed E-state index contributed by atoms with van der Waals surface area (Å²) in [4.78, 5) is 15.5. The summed E-state index contributed by atoms with van der Waals surface area (Å²) < 4.78 is 21.5. The number of aromatic nitrogens is 2. The molecule has 2 aromatic carbocycles. The molecule has 0 unspecified atom stereocenters. The van der Waals surface area contributed by atoms with E-state index in [4.69, 9.17) is 18.9 Å². The highest BCUT2D eigenvalue weighted by Crippen LogP contribution is 2.37. The van der Waals surface area contributed by atoms with E-state index in [0.717, 1.165) is 16.8 Å². The third-order valence-corrected chi connectivity index (χ3v) is 5.07. The monoisotopic (exact) mass is 438 g/mol. The van der Waals surface area contributed by atoms with Crippen molar-refractivity contribution in [3.63, 3.8) is 0 Å². The minimum absolute atomic E-state index is 0.0170. The average molecular weight is 438 g/mol. The van der Waals surface area contributed by atoms with Crippen LogP contribution in [0.4, 0.5) is 11.5 Å². The number of fused-ring (bicyclic) bond motifs is 1. The van der Waals surface area contributed by atoms with Gasteiger partial charge in [-0.3, -0.25) is 9.89 Å². The van der Waals surface area contributed by atoms with Gasteiger partial charge < -0.3 is 29.2 Å². The topological polar surface area (TPSA) is 97.9 Å². The number of methoxy groups -OCH3 is 2. The molecule has 0 bridgehead atoms. The number of anilines is 2. The molecule has 0 saturated heterocycles. The van der Waals surface area contributed by atoms with Gasteiger partial charge in [-0.25, -0.2) is 0 Å². The average Bonchev–Trinajstić information content (AvgIpc) is 3.41. The molecule has 4 rings (SSSR count). The standard InChI is InChI=1S/C23H26N4O5/c1-15-8-21(26-25-15)24-19-9-18(31-13-29-2)10-20(32-14-30-3)22(19)23(28)27-11-16-6-4-5-7-17(16)12-27/h4-10H,11-14H2,1-3H3,(H2,24,25,26). The third kappa shape index (κ3) is 4.68. The van der Waals surface area contributed by atoms with Crippen molar-refractivity contribution >= 4 is 17.4 Å². The number of aryl methyl sites for hydroxylation is 1. The van der Waals surface area contributed by atoms with Crippen LogP contribution in [0.25, 0.3) is 0 Å². The maximum atomic E-state index is 13.7. The molecule has 9 heteroatoms. The van der Waals surface area contributed by atoms with Crippen LogP contribution in [0, 0.1) is 6.92 Å². The predicted molar refractivity (Wildman–Crippen MR) is 118 cm³/mol. The predicted octanol–water partition coefficient (Wildman–Crippen LogP) is 3.58. The number of amides is 1. The number of benzene rings is 2. The van der Waals surface area contributed by atoms with E-state index in [1.54, 1.807) is 17.0 Å². The van der Waals surface area contributed by atoms with Gasteiger partial charge in [0.05, 0.1) is 11.4 Å². The summed E-state index contributed by atoms with van der Waals surface area (Å²) in [6.07, 6.45) is 0. The first-order chi connectivity index (χ1) is 15.6. The molecule has 3 aromatic rings. The highest BCUT2D eigenvalue weighted by Gasteiger charge is 2.29. The van der Waals surface area contributed by atoms with E-state index >= 15 is 0 Å². The molecule has 1 aliphatic heterocycles. The Kier molecular flexibility index (Phi) is 6.58. The quantitative estimate of drug-likeness (QED) is 0.493. The maximum absolute atomic E-state index is 13.7. The number of carbonyl (C=O) groups is 1. The number of nitrogens with zero attached hydrogens (tertiary/aromatic N) is 2. The van der Waals surface area contributed by atoms with E-state index in [-0.39, 0.29) is 19.5 Å². The van der Waals surface area contributed by atoms with Crippen LogP contribution in [0.15, 0.2) is 42.5 Å². The molecule has 0 saturated carbocycles. The lowest BCUT2D eigenvalue weighted by Gasteiger charge is -2.22. The van der Waals surface area contributed by atoms with Crippen molar-refractivity contribution in [1.82, 2.24) is 15.1 Å². The number of rotatable bonds is 9. The van der Waals surface area contributed by atoms with Gasteiger partial charge in [-0.15, -0.1) is 0 Å². The number of aromatic amines is 1. The first kappa shape index (κ1) is 21.7. The van der Waals surface area contributed by atoms with Crippen LogP contribution in [0.1, 0.15) is 27.2 Å². The van der Waals surface area contributed by atoms with Gasteiger partial charge in [-0.1, -0.05) is 24.3 Å². The molecule has 0 atom stereocenters. The molecule has 168 valence electrons. The van der Waals surface area contributed by atoms with Crippen LogP contribution in [0.5, 0.6) is 11.5 Å². The zero-order valence-corrected chi connectivity index (χ0v) is 18.3. The molecule has 0 radical (unpaired) electrons. The fraction of sp³-hybridized carbons (Fsp3) is 0.304. The molecule has 1 aromatic heterocycles. The van der Waals surface area contributed by atoms with E-state index in [2.05, 4.69) is 15.5 Å². The zero-order valence-electron chi connectivity index (χ0n) is 18.3. The fourth-order valence-electron chi connectivity index (χ4n) is 3.62. The van der Waals surface area contributed by atoms with E-state index in [0.29, 0.717) is 41.7 Å². The highest BCUT2D eigenvalue weighted by atomic mass is 16.7. The second-order valence-electron chi connectivity index (χ2n) is 7.42. The molecule has 0 aliphatic carbocycles. The second-order valence-corrected chi connectivity index (χ2v) is 7.42. The van der Waals surface area contributed by atoms with Crippen molar-refractivity contribution in [2.24, 2.45) is 0 Å². The maximum Gasteiger partial charge on any atom is 0.260 e. The van der Waals surface area contributed by atoms with Crippen LogP contribution in [-0.4, -0.2) is 48.8 Å². The van der Waals surface area contributed by atoms with Crippen LogP contribution in [0.2, 0.25) is 0 Å². The summed E-state index contributed by atoms with van der Waals surface area (Å²) in [5.41, 5.74) is 4.00. The summed E-state index contributed by atoms with van der Waals surface area (Å²) in [6.45, 7) is 2.98. The Morgan fingerprint density at radius 1 is 1.06 bits per heavy atom. The van der Waals surface area contributed by atoms with Gasteiger partial charge in [0.1, 0.15) is 22.9 Å². The molecule has 0 spiro atoms. The minimum atomic E-state index is -0.163. The Morgan fingerprint density at radius 3 is 2.38 bits per heavy atom. The van der Waals surface area contributed by atoms with E-state index in [9.17, 15) is 4.79 Å². The summed E-state index contributed by atoms with van der Waals surface area (Å²) in [6, 6.07) is 13.3. The van der Waals surface area contributed by atoms with Crippen molar-refractivity contribution in [2.45, 2.75) is 20.0 Å². The highest BCUT2D eigenvalue weighted by molar-refractivity contribution is 6.03. The van der Waals surface area contributed by atoms with Crippen LogP contribution in [-0.2, 0) is 22.6 Å². The lowest BCUT2D eigenvalue weighted by molar-refractivity contribution is 0.0450. The molecule has 1 amide bonds. The fourth-order valence-corrected chi connectivity index (χ4v) is 3.62. The molecular weight excluding hydrogens is 412 g/mol. The first-order valence-corrected chi connectivity index (χ1v) is 10.2. The Labute approximate surface area is 186 Å². The third-order valence-electron chi connectivity index (χ3n) is 5.07. The summed E-state index contributed by atoms with van der Waals surface area (Å²) in [5, 5.41) is 10.3.